The molecule has 3 unspecified atom stereocenters. The number of aromatic nitrogens is 1. The average molecular weight is 577 g/mol. The molecule has 1 aromatic carbocycles. The number of rotatable bonds is 5. The summed E-state index contributed by atoms with van der Waals surface area (Å²) in [5, 5.41) is 10.5. The quantitative estimate of drug-likeness (QED) is 0.585. The highest BCUT2D eigenvalue weighted by molar-refractivity contribution is 9.11. The van der Waals surface area contributed by atoms with Crippen LogP contribution in [0.4, 0.5) is 0 Å². The van der Waals surface area contributed by atoms with Crippen molar-refractivity contribution in [3.8, 4) is 5.75 Å². The van der Waals surface area contributed by atoms with Gasteiger partial charge in [-0.05, 0) is 62.4 Å². The number of halogens is 3. The molecular weight excluding hydrogens is 556 g/mol. The van der Waals surface area contributed by atoms with Gasteiger partial charge in [-0.2, -0.15) is 0 Å². The fraction of sp³-hybridized carbons (Fsp3) is 0.450. The lowest BCUT2D eigenvalue weighted by Crippen LogP contribution is -2.49. The number of aliphatic hydroxyl groups is 1. The topological polar surface area (TPSA) is 54.7 Å². The second-order valence-corrected chi connectivity index (χ2v) is 10.2. The molecule has 1 N–H and O–H groups in total. The minimum atomic E-state index is -0.584. The van der Waals surface area contributed by atoms with Gasteiger partial charge in [-0.1, -0.05) is 22.0 Å². The zero-order chi connectivity index (χ0) is 19.8. The first-order chi connectivity index (χ1) is 13.4. The smallest absolute Gasteiger partial charge is 0.250 e. The van der Waals surface area contributed by atoms with Crippen LogP contribution in [0.15, 0.2) is 48.5 Å². The largest absolute Gasteiger partial charge is 0.488 e. The summed E-state index contributed by atoms with van der Waals surface area (Å²) in [6.07, 6.45) is 0.532. The molecule has 8 heteroatoms. The Hall–Kier alpha value is -0.670. The summed E-state index contributed by atoms with van der Waals surface area (Å²) in [5.41, 5.74) is 1.22. The van der Waals surface area contributed by atoms with Crippen LogP contribution >= 0.6 is 47.8 Å². The monoisotopic (exact) mass is 574 g/mol. The van der Waals surface area contributed by atoms with Gasteiger partial charge in [0.2, 0.25) is 0 Å². The van der Waals surface area contributed by atoms with Gasteiger partial charge in [0.1, 0.15) is 18.5 Å². The number of nitrogens with zero attached hydrogens (tertiary/aromatic N) is 2. The molecule has 0 aliphatic carbocycles. The Bertz CT molecular complexity index is 910. The summed E-state index contributed by atoms with van der Waals surface area (Å²) in [5.74, 6) is 1.49. The molecule has 1 fully saturated rings. The van der Waals surface area contributed by atoms with Gasteiger partial charge in [0.05, 0.1) is 8.95 Å². The van der Waals surface area contributed by atoms with E-state index in [1.807, 2.05) is 22.8 Å². The second kappa shape index (κ2) is 8.60. The zero-order valence-electron chi connectivity index (χ0n) is 15.2. The Morgan fingerprint density at radius 1 is 1.14 bits per heavy atom. The first-order valence-electron chi connectivity index (χ1n) is 9.28. The molecule has 0 saturated carbocycles. The molecular formula is C20H21Br3N2O3. The minimum Gasteiger partial charge on any atom is -0.488 e. The first kappa shape index (κ1) is 20.6. The van der Waals surface area contributed by atoms with Crippen LogP contribution < -0.4 is 10.3 Å². The molecule has 150 valence electrons. The lowest BCUT2D eigenvalue weighted by molar-refractivity contribution is 0.0381. The van der Waals surface area contributed by atoms with Crippen molar-refractivity contribution in [1.82, 2.24) is 9.47 Å². The molecule has 1 aromatic heterocycles. The lowest BCUT2D eigenvalue weighted by atomic mass is 9.83. The van der Waals surface area contributed by atoms with Crippen molar-refractivity contribution >= 4 is 47.8 Å². The SMILES string of the molecule is O=c1cccc2n1CC1CC2CN(CC(O)COc2c(Br)cc(Br)cc2Br)C1. The Morgan fingerprint density at radius 2 is 1.89 bits per heavy atom. The number of pyridine rings is 1. The minimum absolute atomic E-state index is 0.0970. The van der Waals surface area contributed by atoms with E-state index in [2.05, 4.69) is 58.8 Å². The highest BCUT2D eigenvalue weighted by Gasteiger charge is 2.34. The fourth-order valence-corrected chi connectivity index (χ4v) is 6.83. The van der Waals surface area contributed by atoms with Gasteiger partial charge in [0, 0.05) is 48.3 Å². The van der Waals surface area contributed by atoms with Crippen LogP contribution in [0, 0.1) is 5.92 Å². The maximum absolute atomic E-state index is 12.1. The normalized spacial score (nSPS) is 22.6. The third-order valence-electron chi connectivity index (χ3n) is 5.41. The number of hydrogen-bond donors (Lipinski definition) is 1. The van der Waals surface area contributed by atoms with Crippen molar-refractivity contribution in [3.63, 3.8) is 0 Å². The molecule has 2 bridgehead atoms. The summed E-state index contributed by atoms with van der Waals surface area (Å²) < 4.78 is 10.4. The predicted molar refractivity (Wildman–Crippen MR) is 119 cm³/mol. The van der Waals surface area contributed by atoms with E-state index in [-0.39, 0.29) is 12.2 Å². The maximum atomic E-state index is 12.1. The molecule has 0 spiro atoms. The van der Waals surface area contributed by atoms with Crippen molar-refractivity contribution in [2.45, 2.75) is 25.0 Å². The van der Waals surface area contributed by atoms with Crippen LogP contribution in [0.5, 0.6) is 5.75 Å². The van der Waals surface area contributed by atoms with Crippen molar-refractivity contribution in [3.05, 3.63) is 59.8 Å². The van der Waals surface area contributed by atoms with Gasteiger partial charge in [0.25, 0.3) is 5.56 Å². The number of piperidine rings is 1. The highest BCUT2D eigenvalue weighted by Crippen LogP contribution is 2.37. The van der Waals surface area contributed by atoms with Crippen molar-refractivity contribution in [2.24, 2.45) is 5.92 Å². The molecule has 3 atom stereocenters. The molecule has 0 radical (unpaired) electrons. The predicted octanol–water partition coefficient (Wildman–Crippen LogP) is 3.99. The van der Waals surface area contributed by atoms with Crippen LogP contribution in [-0.4, -0.2) is 46.9 Å². The van der Waals surface area contributed by atoms with E-state index in [0.717, 1.165) is 45.2 Å². The van der Waals surface area contributed by atoms with Gasteiger partial charge in [0.15, 0.2) is 0 Å². The number of β-amino-alcohol motifs (C(OH)–C–C–N with tert-alkyl or cyclic N) is 1. The molecule has 3 heterocycles. The number of ether oxygens (including phenoxy) is 1. The molecule has 2 aromatic rings. The van der Waals surface area contributed by atoms with Gasteiger partial charge >= 0.3 is 0 Å². The average Bonchev–Trinajstić information content (AvgIpc) is 2.61. The number of aliphatic hydroxyl groups excluding tert-OH is 1. The Morgan fingerprint density at radius 3 is 2.64 bits per heavy atom. The molecule has 0 amide bonds. The van der Waals surface area contributed by atoms with Crippen LogP contribution in [0.2, 0.25) is 0 Å². The number of benzene rings is 1. The van der Waals surface area contributed by atoms with Gasteiger partial charge in [-0.15, -0.1) is 0 Å². The van der Waals surface area contributed by atoms with E-state index >= 15 is 0 Å². The first-order valence-corrected chi connectivity index (χ1v) is 11.7. The Balaban J connectivity index is 1.37. The molecule has 4 rings (SSSR count). The van der Waals surface area contributed by atoms with Crippen molar-refractivity contribution in [1.29, 1.82) is 0 Å². The van der Waals surface area contributed by atoms with Crippen molar-refractivity contribution < 1.29 is 9.84 Å². The van der Waals surface area contributed by atoms with Crippen molar-refractivity contribution in [2.75, 3.05) is 26.2 Å². The van der Waals surface area contributed by atoms with Crippen LogP contribution in [-0.2, 0) is 6.54 Å². The summed E-state index contributed by atoms with van der Waals surface area (Å²) >= 11 is 10.4. The standard InChI is InChI=1S/C20H21Br3N2O3/c21-14-5-16(22)20(17(23)6-14)28-11-15(26)10-24-7-12-4-13(9-24)18-2-1-3-19(27)25(18)8-12/h1-3,5-6,12-13,15,26H,4,7-11H2. The molecule has 2 aliphatic heterocycles. The highest BCUT2D eigenvalue weighted by atomic mass is 79.9. The maximum Gasteiger partial charge on any atom is 0.250 e. The Kier molecular flexibility index (Phi) is 6.32. The van der Waals surface area contributed by atoms with Crippen LogP contribution in [0.25, 0.3) is 0 Å². The van der Waals surface area contributed by atoms with Gasteiger partial charge in [-0.25, -0.2) is 0 Å². The summed E-state index contributed by atoms with van der Waals surface area (Å²) in [4.78, 5) is 14.4. The number of fused-ring (bicyclic) bond motifs is 4. The van der Waals surface area contributed by atoms with E-state index in [1.165, 1.54) is 0 Å². The third kappa shape index (κ3) is 4.41. The molecule has 2 aliphatic rings. The van der Waals surface area contributed by atoms with Gasteiger partial charge < -0.3 is 14.4 Å². The van der Waals surface area contributed by atoms with Crippen LogP contribution in [0.1, 0.15) is 18.0 Å². The van der Waals surface area contributed by atoms with E-state index in [1.54, 1.807) is 6.07 Å². The summed E-state index contributed by atoms with van der Waals surface area (Å²) in [6.45, 7) is 3.33. The second-order valence-electron chi connectivity index (χ2n) is 7.58. The lowest BCUT2D eigenvalue weighted by Gasteiger charge is -2.43. The van der Waals surface area contributed by atoms with Gasteiger partial charge in [-0.3, -0.25) is 9.69 Å². The van der Waals surface area contributed by atoms with E-state index in [0.29, 0.717) is 24.1 Å². The summed E-state index contributed by atoms with van der Waals surface area (Å²) in [7, 11) is 0. The number of likely N-dealkylation sites (tertiary alicyclic amines) is 1. The molecule has 1 saturated heterocycles. The molecule has 28 heavy (non-hydrogen) atoms. The summed E-state index contributed by atoms with van der Waals surface area (Å²) in [6, 6.07) is 9.38. The number of hydrogen-bond acceptors (Lipinski definition) is 4. The fourth-order valence-electron chi connectivity index (χ4n) is 4.34. The van der Waals surface area contributed by atoms with E-state index in [4.69, 9.17) is 4.74 Å². The van der Waals surface area contributed by atoms with E-state index < -0.39 is 6.10 Å². The zero-order valence-corrected chi connectivity index (χ0v) is 19.9. The van der Waals surface area contributed by atoms with Crippen LogP contribution in [0.3, 0.4) is 0 Å². The Labute approximate surface area is 189 Å². The van der Waals surface area contributed by atoms with E-state index in [9.17, 15) is 9.90 Å². The third-order valence-corrected chi connectivity index (χ3v) is 7.04. The molecule has 5 nitrogen and oxygen atoms in total.